The molecular weight excluding hydrogens is 268 g/mol. The van der Waals surface area contributed by atoms with E-state index in [1.54, 1.807) is 12.1 Å². The minimum Gasteiger partial charge on any atom is -0.481 e. The van der Waals surface area contributed by atoms with E-state index in [2.05, 4.69) is 26.1 Å². The summed E-state index contributed by atoms with van der Waals surface area (Å²) in [6, 6.07) is 5.02. The van der Waals surface area contributed by atoms with Gasteiger partial charge in [-0.05, 0) is 36.5 Å². The van der Waals surface area contributed by atoms with Crippen LogP contribution in [0.2, 0.25) is 0 Å². The predicted molar refractivity (Wildman–Crippen MR) is 83.4 cm³/mol. The van der Waals surface area contributed by atoms with Gasteiger partial charge in [-0.2, -0.15) is 0 Å². The number of carbonyl (C=O) groups excluding carboxylic acids is 1. The van der Waals surface area contributed by atoms with Gasteiger partial charge >= 0.3 is 5.97 Å². The summed E-state index contributed by atoms with van der Waals surface area (Å²) in [4.78, 5) is 22.5. The number of primary amides is 1. The third-order valence-electron chi connectivity index (χ3n) is 3.08. The summed E-state index contributed by atoms with van der Waals surface area (Å²) >= 11 is 0. The smallest absolute Gasteiger partial charge is 0.305 e. The van der Waals surface area contributed by atoms with Crippen LogP contribution in [0.1, 0.15) is 49.5 Å². The Hall–Kier alpha value is -2.04. The second-order valence-electron chi connectivity index (χ2n) is 6.62. The molecule has 0 bridgehead atoms. The maximum atomic E-state index is 11.5. The van der Waals surface area contributed by atoms with Crippen LogP contribution in [-0.2, 0) is 4.79 Å². The molecule has 0 fully saturated rings. The fourth-order valence-electron chi connectivity index (χ4n) is 2.34. The van der Waals surface area contributed by atoms with Crippen molar-refractivity contribution in [2.45, 2.75) is 46.6 Å². The quantitative estimate of drug-likeness (QED) is 0.751. The van der Waals surface area contributed by atoms with Crippen LogP contribution in [0.25, 0.3) is 0 Å². The summed E-state index contributed by atoms with van der Waals surface area (Å²) in [7, 11) is 0. The van der Waals surface area contributed by atoms with Crippen molar-refractivity contribution in [3.63, 3.8) is 0 Å². The molecule has 4 N–H and O–H groups in total. The number of anilines is 1. The molecule has 0 saturated carbocycles. The minimum atomic E-state index is -0.870. The Morgan fingerprint density at radius 3 is 2.43 bits per heavy atom. The molecule has 0 heterocycles. The van der Waals surface area contributed by atoms with Crippen LogP contribution in [0, 0.1) is 12.3 Å². The van der Waals surface area contributed by atoms with Gasteiger partial charge in [-0.25, -0.2) is 0 Å². The van der Waals surface area contributed by atoms with Crippen molar-refractivity contribution in [3.8, 4) is 0 Å². The van der Waals surface area contributed by atoms with E-state index in [0.717, 1.165) is 5.56 Å². The number of aliphatic carboxylic acids is 1. The number of hydrogen-bond acceptors (Lipinski definition) is 3. The first-order chi connectivity index (χ1) is 9.58. The highest BCUT2D eigenvalue weighted by Gasteiger charge is 2.22. The van der Waals surface area contributed by atoms with Gasteiger partial charge in [0.25, 0.3) is 5.91 Å². The Bertz CT molecular complexity index is 533. The molecule has 0 aromatic heterocycles. The summed E-state index contributed by atoms with van der Waals surface area (Å²) in [5.74, 6) is -1.40. The standard InChI is InChI=1S/C16H24N2O3/c1-10-5-6-12(15(17)21)13(7-10)18-11(8-14(19)20)9-16(2,3)4/h5-7,11,18H,8-9H2,1-4H3,(H2,17,21)(H,19,20). The number of nitrogens with two attached hydrogens (primary N) is 1. The summed E-state index contributed by atoms with van der Waals surface area (Å²) in [6.45, 7) is 8.06. The average molecular weight is 292 g/mol. The van der Waals surface area contributed by atoms with E-state index in [0.29, 0.717) is 17.7 Å². The van der Waals surface area contributed by atoms with E-state index in [4.69, 9.17) is 10.8 Å². The van der Waals surface area contributed by atoms with Crippen LogP contribution in [0.4, 0.5) is 5.69 Å². The zero-order chi connectivity index (χ0) is 16.2. The Labute approximate surface area is 125 Å². The third kappa shape index (κ3) is 5.85. The Morgan fingerprint density at radius 1 is 1.33 bits per heavy atom. The van der Waals surface area contributed by atoms with Crippen molar-refractivity contribution < 1.29 is 14.7 Å². The van der Waals surface area contributed by atoms with Gasteiger partial charge in [0.15, 0.2) is 0 Å². The number of benzene rings is 1. The molecule has 116 valence electrons. The molecule has 5 nitrogen and oxygen atoms in total. The van der Waals surface area contributed by atoms with E-state index in [-0.39, 0.29) is 17.9 Å². The lowest BCUT2D eigenvalue weighted by atomic mass is 9.86. The van der Waals surface area contributed by atoms with Crippen molar-refractivity contribution in [3.05, 3.63) is 29.3 Å². The Morgan fingerprint density at radius 2 is 1.95 bits per heavy atom. The molecule has 0 radical (unpaired) electrons. The Kier molecular flexibility index (Phi) is 5.35. The summed E-state index contributed by atoms with van der Waals surface area (Å²) in [5.41, 5.74) is 7.30. The number of carboxylic acid groups (broad SMARTS) is 1. The normalized spacial score (nSPS) is 12.8. The molecule has 1 unspecified atom stereocenters. The average Bonchev–Trinajstić information content (AvgIpc) is 2.24. The zero-order valence-electron chi connectivity index (χ0n) is 13.1. The number of rotatable bonds is 6. The van der Waals surface area contributed by atoms with E-state index < -0.39 is 11.9 Å². The first-order valence-corrected chi connectivity index (χ1v) is 6.97. The van der Waals surface area contributed by atoms with E-state index >= 15 is 0 Å². The number of amides is 1. The number of hydrogen-bond donors (Lipinski definition) is 3. The van der Waals surface area contributed by atoms with E-state index in [1.165, 1.54) is 0 Å². The van der Waals surface area contributed by atoms with Crippen molar-refractivity contribution >= 4 is 17.6 Å². The van der Waals surface area contributed by atoms with Crippen LogP contribution < -0.4 is 11.1 Å². The maximum absolute atomic E-state index is 11.5. The fourth-order valence-corrected chi connectivity index (χ4v) is 2.34. The summed E-state index contributed by atoms with van der Waals surface area (Å²) in [5, 5.41) is 12.2. The fraction of sp³-hybridized carbons (Fsp3) is 0.500. The second kappa shape index (κ2) is 6.61. The molecule has 1 atom stereocenters. The molecule has 0 saturated heterocycles. The molecular formula is C16H24N2O3. The SMILES string of the molecule is Cc1ccc(C(N)=O)c(NC(CC(=O)O)CC(C)(C)C)c1. The predicted octanol–water partition coefficient (Wildman–Crippen LogP) is 2.79. The molecule has 1 amide bonds. The lowest BCUT2D eigenvalue weighted by molar-refractivity contribution is -0.137. The molecule has 1 rings (SSSR count). The molecule has 0 spiro atoms. The van der Waals surface area contributed by atoms with Crippen LogP contribution in [0.5, 0.6) is 0 Å². The van der Waals surface area contributed by atoms with Gasteiger partial charge in [0.2, 0.25) is 0 Å². The molecule has 21 heavy (non-hydrogen) atoms. The van der Waals surface area contributed by atoms with Crippen molar-refractivity contribution in [1.82, 2.24) is 0 Å². The number of carbonyl (C=O) groups is 2. The number of aryl methyl sites for hydroxylation is 1. The number of nitrogens with one attached hydrogen (secondary N) is 1. The second-order valence-corrected chi connectivity index (χ2v) is 6.62. The van der Waals surface area contributed by atoms with Crippen LogP contribution in [0.3, 0.4) is 0 Å². The van der Waals surface area contributed by atoms with Gasteiger partial charge in [0.1, 0.15) is 0 Å². The number of carboxylic acids is 1. The van der Waals surface area contributed by atoms with Gasteiger partial charge in [-0.3, -0.25) is 9.59 Å². The van der Waals surface area contributed by atoms with Gasteiger partial charge < -0.3 is 16.2 Å². The van der Waals surface area contributed by atoms with Gasteiger partial charge in [-0.15, -0.1) is 0 Å². The highest BCUT2D eigenvalue weighted by atomic mass is 16.4. The first kappa shape index (κ1) is 17.0. The van der Waals surface area contributed by atoms with Crippen LogP contribution in [0.15, 0.2) is 18.2 Å². The monoisotopic (exact) mass is 292 g/mol. The third-order valence-corrected chi connectivity index (χ3v) is 3.08. The van der Waals surface area contributed by atoms with Crippen molar-refractivity contribution in [2.24, 2.45) is 11.1 Å². The van der Waals surface area contributed by atoms with Gasteiger partial charge in [0, 0.05) is 11.7 Å². The summed E-state index contributed by atoms with van der Waals surface area (Å²) < 4.78 is 0. The molecule has 0 aliphatic rings. The van der Waals surface area contributed by atoms with Crippen molar-refractivity contribution in [2.75, 3.05) is 5.32 Å². The molecule has 0 aliphatic carbocycles. The largest absolute Gasteiger partial charge is 0.481 e. The maximum Gasteiger partial charge on any atom is 0.305 e. The van der Waals surface area contributed by atoms with E-state index in [1.807, 2.05) is 13.0 Å². The van der Waals surface area contributed by atoms with E-state index in [9.17, 15) is 9.59 Å². The molecule has 1 aromatic rings. The molecule has 1 aromatic carbocycles. The highest BCUT2D eigenvalue weighted by molar-refractivity contribution is 5.98. The first-order valence-electron chi connectivity index (χ1n) is 6.97. The van der Waals surface area contributed by atoms with Gasteiger partial charge in [0.05, 0.1) is 12.0 Å². The van der Waals surface area contributed by atoms with Crippen LogP contribution in [-0.4, -0.2) is 23.0 Å². The van der Waals surface area contributed by atoms with Crippen LogP contribution >= 0.6 is 0 Å². The Balaban J connectivity index is 3.04. The van der Waals surface area contributed by atoms with Crippen molar-refractivity contribution in [1.29, 1.82) is 0 Å². The minimum absolute atomic E-state index is 0.0105. The molecule has 0 aliphatic heterocycles. The zero-order valence-corrected chi connectivity index (χ0v) is 13.1. The van der Waals surface area contributed by atoms with Gasteiger partial charge in [-0.1, -0.05) is 26.8 Å². The topological polar surface area (TPSA) is 92.4 Å². The summed E-state index contributed by atoms with van der Waals surface area (Å²) in [6.07, 6.45) is 0.662. The highest BCUT2D eigenvalue weighted by Crippen LogP contribution is 2.26. The molecule has 5 heteroatoms. The lowest BCUT2D eigenvalue weighted by Gasteiger charge is -2.27. The lowest BCUT2D eigenvalue weighted by Crippen LogP contribution is -2.29.